The molecule has 1 spiro atoms. The van der Waals surface area contributed by atoms with Crippen LogP contribution in [0.5, 0.6) is 0 Å². The van der Waals surface area contributed by atoms with Gasteiger partial charge >= 0.3 is 0 Å². The molecule has 178 valence electrons. The third kappa shape index (κ3) is 6.12. The van der Waals surface area contributed by atoms with Crippen LogP contribution in [0, 0.1) is 5.92 Å². The molecule has 0 bridgehead atoms. The minimum absolute atomic E-state index is 0.0803. The molecular formula is C27H43N3O2. The highest BCUT2D eigenvalue weighted by Crippen LogP contribution is 2.34. The Kier molecular flexibility index (Phi) is 9.15. The molecule has 1 N–H and O–H groups in total. The van der Waals surface area contributed by atoms with Gasteiger partial charge in [-0.3, -0.25) is 9.59 Å². The number of likely N-dealkylation sites (tertiary alicyclic amines) is 1. The van der Waals surface area contributed by atoms with E-state index in [-0.39, 0.29) is 17.9 Å². The van der Waals surface area contributed by atoms with Crippen LogP contribution in [0.3, 0.4) is 0 Å². The summed E-state index contributed by atoms with van der Waals surface area (Å²) in [5.74, 6) is 0.597. The molecule has 0 unspecified atom stereocenters. The number of piperazine rings is 1. The van der Waals surface area contributed by atoms with E-state index in [1.54, 1.807) is 0 Å². The first kappa shape index (κ1) is 24.8. The smallest absolute Gasteiger partial charge is 0.246 e. The molecule has 2 saturated heterocycles. The molecule has 1 aromatic carbocycles. The monoisotopic (exact) mass is 441 g/mol. The summed E-state index contributed by atoms with van der Waals surface area (Å²) in [4.78, 5) is 30.9. The summed E-state index contributed by atoms with van der Waals surface area (Å²) in [5.41, 5.74) is 0.800. The van der Waals surface area contributed by atoms with Crippen molar-refractivity contribution in [2.75, 3.05) is 26.2 Å². The maximum Gasteiger partial charge on any atom is 0.246 e. The largest absolute Gasteiger partial charge is 0.342 e. The van der Waals surface area contributed by atoms with Gasteiger partial charge in [-0.2, -0.15) is 0 Å². The van der Waals surface area contributed by atoms with E-state index in [2.05, 4.69) is 61.3 Å². The van der Waals surface area contributed by atoms with Crippen molar-refractivity contribution in [1.82, 2.24) is 15.1 Å². The van der Waals surface area contributed by atoms with E-state index in [0.717, 1.165) is 45.3 Å². The van der Waals surface area contributed by atoms with Gasteiger partial charge in [-0.15, -0.1) is 0 Å². The number of carbonyl (C=O) groups is 2. The normalized spacial score (nSPS) is 21.4. The number of hydrogen-bond donors (Lipinski definition) is 1. The van der Waals surface area contributed by atoms with Gasteiger partial charge in [0.15, 0.2) is 0 Å². The van der Waals surface area contributed by atoms with Crippen LogP contribution in [0.2, 0.25) is 0 Å². The quantitative estimate of drug-likeness (QED) is 0.518. The number of aryl methyl sites for hydroxylation is 1. The molecule has 2 aliphatic heterocycles. The number of nitrogens with zero attached hydrogens (tertiary/aromatic N) is 2. The second-order valence-corrected chi connectivity index (χ2v) is 10.2. The Bertz CT molecular complexity index is 726. The van der Waals surface area contributed by atoms with Crippen LogP contribution in [-0.2, 0) is 16.0 Å². The number of rotatable bonds is 11. The number of hydrogen-bond acceptors (Lipinski definition) is 3. The van der Waals surface area contributed by atoms with E-state index in [0.29, 0.717) is 12.5 Å². The molecule has 0 aliphatic carbocycles. The summed E-state index contributed by atoms with van der Waals surface area (Å²) in [7, 11) is 0. The molecule has 3 rings (SSSR count). The van der Waals surface area contributed by atoms with Crippen molar-refractivity contribution in [2.45, 2.75) is 90.1 Å². The Balaban J connectivity index is 1.44. The Morgan fingerprint density at radius 3 is 2.34 bits per heavy atom. The predicted octanol–water partition coefficient (Wildman–Crippen LogP) is 4.41. The van der Waals surface area contributed by atoms with Gasteiger partial charge in [-0.05, 0) is 63.0 Å². The summed E-state index contributed by atoms with van der Waals surface area (Å²) in [6.07, 6.45) is 9.28. The molecule has 5 heteroatoms. The maximum atomic E-state index is 13.2. The molecular weight excluding hydrogens is 398 g/mol. The molecule has 2 aliphatic rings. The van der Waals surface area contributed by atoms with E-state index in [1.165, 1.54) is 37.7 Å². The average Bonchev–Trinajstić information content (AvgIpc) is 2.79. The first-order valence-electron chi connectivity index (χ1n) is 12.8. The highest BCUT2D eigenvalue weighted by molar-refractivity contribution is 6.00. The number of benzene rings is 1. The zero-order chi connectivity index (χ0) is 23.0. The second kappa shape index (κ2) is 11.8. The zero-order valence-corrected chi connectivity index (χ0v) is 20.4. The van der Waals surface area contributed by atoms with E-state index in [9.17, 15) is 9.59 Å². The summed E-state index contributed by atoms with van der Waals surface area (Å²) in [6.45, 7) is 9.89. The maximum absolute atomic E-state index is 13.2. The lowest BCUT2D eigenvalue weighted by Gasteiger charge is -2.52. The topological polar surface area (TPSA) is 52.7 Å². The summed E-state index contributed by atoms with van der Waals surface area (Å²) < 4.78 is 0. The Morgan fingerprint density at radius 2 is 1.69 bits per heavy atom. The van der Waals surface area contributed by atoms with Crippen LogP contribution in [0.15, 0.2) is 30.3 Å². The standard InChI is InChI=1S/C27H43N3O2/c1-4-17-30-25(31)24(21-22(2)3)28-26(32)27(30)15-19-29(20-16-27)18-11-6-5-8-12-23-13-9-7-10-14-23/h7,9-10,13-14,22,24H,4-6,8,11-12,15-21H2,1-3H3,(H,28,32)/t24-/m0/s1. The lowest BCUT2D eigenvalue weighted by molar-refractivity contribution is -0.161. The lowest BCUT2D eigenvalue weighted by atomic mass is 9.80. The molecule has 0 saturated carbocycles. The summed E-state index contributed by atoms with van der Waals surface area (Å²) in [5, 5.41) is 3.09. The molecule has 2 amide bonds. The van der Waals surface area contributed by atoms with Gasteiger partial charge in [0.1, 0.15) is 11.6 Å². The van der Waals surface area contributed by atoms with Crippen LogP contribution in [0.4, 0.5) is 0 Å². The van der Waals surface area contributed by atoms with Crippen molar-refractivity contribution in [1.29, 1.82) is 0 Å². The van der Waals surface area contributed by atoms with Crippen LogP contribution >= 0.6 is 0 Å². The van der Waals surface area contributed by atoms with Gasteiger partial charge in [-0.25, -0.2) is 0 Å². The van der Waals surface area contributed by atoms with Crippen molar-refractivity contribution in [3.63, 3.8) is 0 Å². The van der Waals surface area contributed by atoms with Crippen molar-refractivity contribution in [2.24, 2.45) is 5.92 Å². The van der Waals surface area contributed by atoms with E-state index in [4.69, 9.17) is 0 Å². The van der Waals surface area contributed by atoms with Crippen LogP contribution in [0.25, 0.3) is 0 Å². The number of nitrogens with one attached hydrogen (secondary N) is 1. The van der Waals surface area contributed by atoms with Crippen LogP contribution < -0.4 is 5.32 Å². The molecule has 5 nitrogen and oxygen atoms in total. The second-order valence-electron chi connectivity index (χ2n) is 10.2. The number of amides is 2. The third-order valence-corrected chi connectivity index (χ3v) is 7.18. The zero-order valence-electron chi connectivity index (χ0n) is 20.4. The van der Waals surface area contributed by atoms with Crippen LogP contribution in [0.1, 0.15) is 77.7 Å². The first-order valence-corrected chi connectivity index (χ1v) is 12.8. The molecule has 2 heterocycles. The molecule has 0 aromatic heterocycles. The summed E-state index contributed by atoms with van der Waals surface area (Å²) >= 11 is 0. The van der Waals surface area contributed by atoms with E-state index in [1.807, 2.05) is 4.90 Å². The first-order chi connectivity index (χ1) is 15.5. The van der Waals surface area contributed by atoms with Gasteiger partial charge in [0.05, 0.1) is 0 Å². The molecule has 32 heavy (non-hydrogen) atoms. The number of unbranched alkanes of at least 4 members (excludes halogenated alkanes) is 3. The van der Waals surface area contributed by atoms with Crippen molar-refractivity contribution >= 4 is 11.8 Å². The van der Waals surface area contributed by atoms with Gasteiger partial charge in [-0.1, -0.05) is 63.9 Å². The average molecular weight is 442 g/mol. The minimum atomic E-state index is -0.632. The predicted molar refractivity (Wildman–Crippen MR) is 130 cm³/mol. The fraction of sp³-hybridized carbons (Fsp3) is 0.704. The van der Waals surface area contributed by atoms with Gasteiger partial charge in [0.2, 0.25) is 11.8 Å². The Hall–Kier alpha value is -1.88. The van der Waals surface area contributed by atoms with Crippen molar-refractivity contribution in [3.8, 4) is 0 Å². The van der Waals surface area contributed by atoms with E-state index < -0.39 is 5.54 Å². The van der Waals surface area contributed by atoms with Gasteiger partial charge < -0.3 is 15.1 Å². The van der Waals surface area contributed by atoms with Crippen LogP contribution in [-0.4, -0.2) is 59.4 Å². The summed E-state index contributed by atoms with van der Waals surface area (Å²) in [6, 6.07) is 10.4. The Labute approximate surface area is 194 Å². The SMILES string of the molecule is CCCN1C(=O)[C@H](CC(C)C)NC(=O)C12CCN(CCCCCCc1ccccc1)CC2. The van der Waals surface area contributed by atoms with E-state index >= 15 is 0 Å². The number of piperidine rings is 1. The molecule has 0 radical (unpaired) electrons. The third-order valence-electron chi connectivity index (χ3n) is 7.18. The minimum Gasteiger partial charge on any atom is -0.342 e. The van der Waals surface area contributed by atoms with Gasteiger partial charge in [0.25, 0.3) is 0 Å². The van der Waals surface area contributed by atoms with Crippen molar-refractivity contribution in [3.05, 3.63) is 35.9 Å². The fourth-order valence-electron chi connectivity index (χ4n) is 5.36. The molecule has 1 aromatic rings. The highest BCUT2D eigenvalue weighted by Gasteiger charge is 2.53. The number of carbonyl (C=O) groups excluding carboxylic acids is 2. The fourth-order valence-corrected chi connectivity index (χ4v) is 5.36. The molecule has 2 fully saturated rings. The highest BCUT2D eigenvalue weighted by atomic mass is 16.2. The lowest BCUT2D eigenvalue weighted by Crippen LogP contribution is -2.73. The van der Waals surface area contributed by atoms with Gasteiger partial charge in [0, 0.05) is 19.6 Å². The van der Waals surface area contributed by atoms with Crippen molar-refractivity contribution < 1.29 is 9.59 Å². The Morgan fingerprint density at radius 1 is 1.00 bits per heavy atom. The molecule has 1 atom stereocenters.